The number of hydrogen-bond donors (Lipinski definition) is 0. The van der Waals surface area contributed by atoms with Gasteiger partial charge in [-0.1, -0.05) is 42.5 Å². The molecule has 1 fully saturated rings. The van der Waals surface area contributed by atoms with Crippen molar-refractivity contribution in [3.8, 4) is 5.75 Å². The molecule has 0 unspecified atom stereocenters. The summed E-state index contributed by atoms with van der Waals surface area (Å²) in [7, 11) is 0. The molecule has 0 radical (unpaired) electrons. The average Bonchev–Trinajstić information content (AvgIpc) is 2.98. The Balaban J connectivity index is 1.61. The fourth-order valence-electron chi connectivity index (χ4n) is 3.33. The lowest BCUT2D eigenvalue weighted by Gasteiger charge is -2.14. The van der Waals surface area contributed by atoms with Crippen LogP contribution in [0.5, 0.6) is 5.75 Å². The van der Waals surface area contributed by atoms with Crippen molar-refractivity contribution in [3.05, 3.63) is 77.8 Å². The summed E-state index contributed by atoms with van der Waals surface area (Å²) in [5.74, 6) is 0.594. The van der Waals surface area contributed by atoms with Gasteiger partial charge in [0.15, 0.2) is 0 Å². The van der Waals surface area contributed by atoms with Gasteiger partial charge in [0.25, 0.3) is 11.1 Å². The number of nitrogens with zero attached hydrogens (tertiary/aromatic N) is 1. The van der Waals surface area contributed by atoms with E-state index in [0.717, 1.165) is 46.6 Å². The molecule has 1 aliphatic rings. The zero-order valence-corrected chi connectivity index (χ0v) is 21.2. The maximum absolute atomic E-state index is 13.0. The second-order valence-electron chi connectivity index (χ2n) is 6.65. The summed E-state index contributed by atoms with van der Waals surface area (Å²) in [6, 6.07) is 17.9. The van der Waals surface area contributed by atoms with E-state index >= 15 is 0 Å². The fourth-order valence-corrected chi connectivity index (χ4v) is 6.30. The molecule has 0 spiro atoms. The van der Waals surface area contributed by atoms with E-state index in [1.807, 2.05) is 61.5 Å². The van der Waals surface area contributed by atoms with Gasteiger partial charge in [-0.2, -0.15) is 0 Å². The highest BCUT2D eigenvalue weighted by atomic mass is 127. The first-order chi connectivity index (χ1) is 14.5. The molecular formula is C23H17I2NO3S. The number of carbonyl (C=O) groups is 2. The SMILES string of the molecule is CCOc1c(I)cc(/C=C2/SC(=O)N(Cc3cccc4ccccc34)C2=O)cc1I. The Morgan fingerprint density at radius 2 is 1.73 bits per heavy atom. The van der Waals surface area contributed by atoms with Crippen molar-refractivity contribution in [3.63, 3.8) is 0 Å². The van der Waals surface area contributed by atoms with Crippen LogP contribution in [0.2, 0.25) is 0 Å². The van der Waals surface area contributed by atoms with Crippen LogP contribution in [0.25, 0.3) is 16.8 Å². The molecule has 0 aromatic heterocycles. The zero-order valence-electron chi connectivity index (χ0n) is 16.0. The number of imide groups is 1. The summed E-state index contributed by atoms with van der Waals surface area (Å²) in [5.41, 5.74) is 1.84. The highest BCUT2D eigenvalue weighted by Crippen LogP contribution is 2.36. The van der Waals surface area contributed by atoms with E-state index in [0.29, 0.717) is 11.5 Å². The van der Waals surface area contributed by atoms with Crippen molar-refractivity contribution < 1.29 is 14.3 Å². The van der Waals surface area contributed by atoms with Gasteiger partial charge in [-0.25, -0.2) is 0 Å². The molecule has 0 saturated carbocycles. The topological polar surface area (TPSA) is 46.6 Å². The molecule has 3 aromatic rings. The van der Waals surface area contributed by atoms with Gasteiger partial charge in [-0.3, -0.25) is 14.5 Å². The van der Waals surface area contributed by atoms with Gasteiger partial charge in [0.1, 0.15) is 5.75 Å². The largest absolute Gasteiger partial charge is 0.492 e. The first-order valence-electron chi connectivity index (χ1n) is 9.31. The molecule has 0 bridgehead atoms. The highest BCUT2D eigenvalue weighted by Gasteiger charge is 2.35. The lowest BCUT2D eigenvalue weighted by molar-refractivity contribution is -0.123. The minimum atomic E-state index is -0.253. The molecule has 30 heavy (non-hydrogen) atoms. The molecule has 1 saturated heterocycles. The van der Waals surface area contributed by atoms with E-state index in [1.165, 1.54) is 4.90 Å². The van der Waals surface area contributed by atoms with E-state index in [1.54, 1.807) is 6.08 Å². The highest BCUT2D eigenvalue weighted by molar-refractivity contribution is 14.1. The molecular weight excluding hydrogens is 624 g/mol. The molecule has 2 amide bonds. The van der Waals surface area contributed by atoms with E-state index in [2.05, 4.69) is 45.2 Å². The van der Waals surface area contributed by atoms with Crippen LogP contribution in [0.4, 0.5) is 4.79 Å². The molecule has 3 aromatic carbocycles. The molecule has 7 heteroatoms. The monoisotopic (exact) mass is 641 g/mol. The average molecular weight is 641 g/mol. The number of ether oxygens (including phenoxy) is 1. The van der Waals surface area contributed by atoms with Crippen molar-refractivity contribution in [2.75, 3.05) is 6.61 Å². The van der Waals surface area contributed by atoms with Gasteiger partial charge in [0.2, 0.25) is 0 Å². The standard InChI is InChI=1S/C23H17I2NO3S/c1-2-29-21-18(24)10-14(11-19(21)25)12-20-22(27)26(23(28)30-20)13-16-8-5-7-15-6-3-4-9-17(15)16/h3-12H,2,13H2,1H3/b20-12+. The molecule has 4 rings (SSSR count). The van der Waals surface area contributed by atoms with Crippen LogP contribution < -0.4 is 4.74 Å². The molecule has 1 aliphatic heterocycles. The number of carbonyl (C=O) groups excluding carboxylic acids is 2. The summed E-state index contributed by atoms with van der Waals surface area (Å²) in [5, 5.41) is 1.91. The smallest absolute Gasteiger partial charge is 0.293 e. The maximum Gasteiger partial charge on any atom is 0.293 e. The third-order valence-electron chi connectivity index (χ3n) is 4.69. The third-order valence-corrected chi connectivity index (χ3v) is 7.20. The predicted octanol–water partition coefficient (Wildman–Crippen LogP) is 6.68. The van der Waals surface area contributed by atoms with Gasteiger partial charge in [-0.05, 0) is 104 Å². The number of hydrogen-bond acceptors (Lipinski definition) is 4. The predicted molar refractivity (Wildman–Crippen MR) is 139 cm³/mol. The first-order valence-corrected chi connectivity index (χ1v) is 12.3. The number of benzene rings is 3. The van der Waals surface area contributed by atoms with Crippen LogP contribution in [-0.4, -0.2) is 22.7 Å². The van der Waals surface area contributed by atoms with E-state index in [-0.39, 0.29) is 17.7 Å². The van der Waals surface area contributed by atoms with Crippen LogP contribution in [0.1, 0.15) is 18.1 Å². The molecule has 1 heterocycles. The summed E-state index contributed by atoms with van der Waals surface area (Å²) < 4.78 is 7.63. The number of halogens is 2. The Morgan fingerprint density at radius 3 is 2.47 bits per heavy atom. The summed E-state index contributed by atoms with van der Waals surface area (Å²) in [4.78, 5) is 27.4. The Morgan fingerprint density at radius 1 is 1.03 bits per heavy atom. The molecule has 0 atom stereocenters. The van der Waals surface area contributed by atoms with Gasteiger partial charge in [-0.15, -0.1) is 0 Å². The summed E-state index contributed by atoms with van der Waals surface area (Å²) in [6.45, 7) is 2.81. The van der Waals surface area contributed by atoms with Crippen LogP contribution in [0.15, 0.2) is 59.5 Å². The maximum atomic E-state index is 13.0. The Labute approximate surface area is 206 Å². The third kappa shape index (κ3) is 4.38. The molecule has 0 N–H and O–H groups in total. The second-order valence-corrected chi connectivity index (χ2v) is 9.97. The van der Waals surface area contributed by atoms with Crippen molar-refractivity contribution in [2.45, 2.75) is 13.5 Å². The zero-order chi connectivity index (χ0) is 21.3. The van der Waals surface area contributed by atoms with Crippen LogP contribution in [-0.2, 0) is 11.3 Å². The Hall–Kier alpha value is -1.59. The minimum absolute atomic E-state index is 0.241. The Bertz CT molecular complexity index is 1160. The van der Waals surface area contributed by atoms with Gasteiger partial charge in [0.05, 0.1) is 25.2 Å². The van der Waals surface area contributed by atoms with Crippen LogP contribution in [0, 0.1) is 7.14 Å². The second kappa shape index (κ2) is 9.27. The Kier molecular flexibility index (Phi) is 6.69. The van der Waals surface area contributed by atoms with Crippen molar-refractivity contribution in [2.24, 2.45) is 0 Å². The summed E-state index contributed by atoms with van der Waals surface area (Å²) >= 11 is 5.45. The van der Waals surface area contributed by atoms with E-state index in [9.17, 15) is 9.59 Å². The number of amides is 2. The van der Waals surface area contributed by atoms with Crippen molar-refractivity contribution >= 4 is 84.9 Å². The van der Waals surface area contributed by atoms with Gasteiger partial charge >= 0.3 is 0 Å². The molecule has 4 nitrogen and oxygen atoms in total. The molecule has 152 valence electrons. The van der Waals surface area contributed by atoms with Gasteiger partial charge < -0.3 is 4.74 Å². The summed E-state index contributed by atoms with van der Waals surface area (Å²) in [6.07, 6.45) is 1.79. The number of rotatable bonds is 5. The van der Waals surface area contributed by atoms with Crippen molar-refractivity contribution in [1.82, 2.24) is 4.90 Å². The molecule has 0 aliphatic carbocycles. The van der Waals surface area contributed by atoms with Crippen LogP contribution >= 0.6 is 56.9 Å². The van der Waals surface area contributed by atoms with E-state index < -0.39 is 0 Å². The number of thioether (sulfide) groups is 1. The van der Waals surface area contributed by atoms with Crippen molar-refractivity contribution in [1.29, 1.82) is 0 Å². The number of fused-ring (bicyclic) bond motifs is 1. The van der Waals surface area contributed by atoms with Crippen LogP contribution in [0.3, 0.4) is 0 Å². The fraction of sp³-hybridized carbons (Fsp3) is 0.130. The quantitative estimate of drug-likeness (QED) is 0.231. The lowest BCUT2D eigenvalue weighted by atomic mass is 10.0. The van der Waals surface area contributed by atoms with E-state index in [4.69, 9.17) is 4.74 Å². The minimum Gasteiger partial charge on any atom is -0.492 e. The normalized spacial score (nSPS) is 15.4. The lowest BCUT2D eigenvalue weighted by Crippen LogP contribution is -2.27. The van der Waals surface area contributed by atoms with Gasteiger partial charge in [0, 0.05) is 0 Å². The first kappa shape index (κ1) is 21.6.